The summed E-state index contributed by atoms with van der Waals surface area (Å²) in [5.74, 6) is 0.632. The Balaban J connectivity index is 2.34. The van der Waals surface area contributed by atoms with Crippen LogP contribution in [0.3, 0.4) is 0 Å². The van der Waals surface area contributed by atoms with Crippen LogP contribution < -0.4 is 4.74 Å². The molecule has 0 aliphatic heterocycles. The molecule has 0 saturated carbocycles. The van der Waals surface area contributed by atoms with Gasteiger partial charge in [0.2, 0.25) is 0 Å². The predicted molar refractivity (Wildman–Crippen MR) is 86.7 cm³/mol. The van der Waals surface area contributed by atoms with Gasteiger partial charge >= 0.3 is 0 Å². The molecule has 0 N–H and O–H groups in total. The Kier molecular flexibility index (Phi) is 4.80. The van der Waals surface area contributed by atoms with Crippen molar-refractivity contribution >= 4 is 32.2 Å². The van der Waals surface area contributed by atoms with E-state index in [0.717, 1.165) is 10.0 Å². The van der Waals surface area contributed by atoms with Crippen molar-refractivity contribution in [1.29, 1.82) is 0 Å². The average molecular weight is 368 g/mol. The summed E-state index contributed by atoms with van der Waals surface area (Å²) < 4.78 is 33.8. The lowest BCUT2D eigenvalue weighted by atomic mass is 10.2. The fourth-order valence-corrected chi connectivity index (χ4v) is 2.85. The van der Waals surface area contributed by atoms with Gasteiger partial charge in [0.15, 0.2) is 0 Å². The molecule has 4 nitrogen and oxygen atoms in total. The second-order valence-electron chi connectivity index (χ2n) is 4.41. The van der Waals surface area contributed by atoms with Crippen molar-refractivity contribution in [3.63, 3.8) is 0 Å². The number of rotatable bonds is 4. The van der Waals surface area contributed by atoms with Crippen molar-refractivity contribution in [2.45, 2.75) is 11.8 Å². The van der Waals surface area contributed by atoms with Crippen molar-refractivity contribution in [1.82, 2.24) is 0 Å². The van der Waals surface area contributed by atoms with Gasteiger partial charge in [-0.15, -0.1) is 0 Å². The van der Waals surface area contributed by atoms with E-state index in [4.69, 9.17) is 4.74 Å². The van der Waals surface area contributed by atoms with Gasteiger partial charge in [0.05, 0.1) is 12.0 Å². The van der Waals surface area contributed by atoms with E-state index in [1.54, 1.807) is 49.6 Å². The molecule has 0 aliphatic rings. The number of nitrogens with zero attached hydrogens (tertiary/aromatic N) is 1. The summed E-state index contributed by atoms with van der Waals surface area (Å²) in [6.45, 7) is 1.90. The van der Waals surface area contributed by atoms with Crippen LogP contribution in [0.4, 0.5) is 0 Å². The van der Waals surface area contributed by atoms with E-state index in [1.807, 2.05) is 6.92 Å². The topological polar surface area (TPSA) is 55.7 Å². The van der Waals surface area contributed by atoms with E-state index in [9.17, 15) is 8.42 Å². The molecular weight excluding hydrogens is 354 g/mol. The Labute approximate surface area is 132 Å². The van der Waals surface area contributed by atoms with Crippen LogP contribution in [0.1, 0.15) is 11.1 Å². The van der Waals surface area contributed by atoms with Gasteiger partial charge < -0.3 is 4.74 Å². The molecule has 110 valence electrons. The van der Waals surface area contributed by atoms with Crippen molar-refractivity contribution in [3.05, 3.63) is 58.1 Å². The zero-order valence-corrected chi connectivity index (χ0v) is 14.0. The monoisotopic (exact) mass is 367 g/mol. The fourth-order valence-electron chi connectivity index (χ4n) is 1.65. The Bertz CT molecular complexity index is 768. The molecule has 0 saturated heterocycles. The number of halogens is 1. The molecule has 0 atom stereocenters. The van der Waals surface area contributed by atoms with E-state index in [2.05, 4.69) is 20.3 Å². The molecule has 0 bridgehead atoms. The molecule has 0 aromatic heterocycles. The summed E-state index contributed by atoms with van der Waals surface area (Å²) in [5.41, 5.74) is 1.62. The van der Waals surface area contributed by atoms with Crippen LogP contribution in [-0.4, -0.2) is 21.7 Å². The highest BCUT2D eigenvalue weighted by Gasteiger charge is 2.11. The normalized spacial score (nSPS) is 11.8. The van der Waals surface area contributed by atoms with Gasteiger partial charge in [0.1, 0.15) is 5.75 Å². The van der Waals surface area contributed by atoms with Crippen LogP contribution in [0.25, 0.3) is 0 Å². The molecule has 2 rings (SSSR count). The van der Waals surface area contributed by atoms with Gasteiger partial charge in [-0.05, 0) is 37.3 Å². The molecule has 0 aliphatic carbocycles. The summed E-state index contributed by atoms with van der Waals surface area (Å²) >= 11 is 3.35. The van der Waals surface area contributed by atoms with Crippen LogP contribution >= 0.6 is 15.9 Å². The third-order valence-corrected chi connectivity index (χ3v) is 4.83. The first-order valence-corrected chi connectivity index (χ1v) is 8.36. The molecule has 0 amide bonds. The second kappa shape index (κ2) is 6.41. The zero-order valence-electron chi connectivity index (χ0n) is 11.6. The Morgan fingerprint density at radius 3 is 2.43 bits per heavy atom. The van der Waals surface area contributed by atoms with Crippen LogP contribution in [-0.2, 0) is 10.0 Å². The van der Waals surface area contributed by atoms with Crippen LogP contribution in [0.5, 0.6) is 5.75 Å². The summed E-state index contributed by atoms with van der Waals surface area (Å²) in [5, 5.41) is 0. The van der Waals surface area contributed by atoms with E-state index >= 15 is 0 Å². The molecule has 2 aromatic carbocycles. The molecule has 6 heteroatoms. The van der Waals surface area contributed by atoms with Gasteiger partial charge in [0.25, 0.3) is 10.0 Å². The minimum atomic E-state index is -3.70. The lowest BCUT2D eigenvalue weighted by molar-refractivity contribution is 0.414. The maximum Gasteiger partial charge on any atom is 0.282 e. The first kappa shape index (κ1) is 15.7. The molecule has 2 aromatic rings. The summed E-state index contributed by atoms with van der Waals surface area (Å²) in [4.78, 5) is 0.170. The van der Waals surface area contributed by atoms with Gasteiger partial charge in [0, 0.05) is 16.3 Å². The highest BCUT2D eigenvalue weighted by molar-refractivity contribution is 9.10. The first-order valence-electron chi connectivity index (χ1n) is 6.13. The van der Waals surface area contributed by atoms with E-state index in [-0.39, 0.29) is 4.90 Å². The maximum atomic E-state index is 12.1. The van der Waals surface area contributed by atoms with E-state index in [0.29, 0.717) is 11.3 Å². The maximum absolute atomic E-state index is 12.1. The molecular formula is C15H14BrNO3S. The Morgan fingerprint density at radius 2 is 1.81 bits per heavy atom. The third-order valence-electron chi connectivity index (χ3n) is 2.85. The fraction of sp³-hybridized carbons (Fsp3) is 0.133. The van der Waals surface area contributed by atoms with Crippen molar-refractivity contribution in [2.75, 3.05) is 7.11 Å². The number of methoxy groups -OCH3 is 1. The number of hydrogen-bond donors (Lipinski definition) is 0. The summed E-state index contributed by atoms with van der Waals surface area (Å²) in [7, 11) is -2.15. The molecule has 0 spiro atoms. The van der Waals surface area contributed by atoms with E-state index < -0.39 is 10.0 Å². The highest BCUT2D eigenvalue weighted by atomic mass is 79.9. The predicted octanol–water partition coefficient (Wildman–Crippen LogP) is 3.57. The Hall–Kier alpha value is -1.66. The van der Waals surface area contributed by atoms with E-state index in [1.165, 1.54) is 6.21 Å². The van der Waals surface area contributed by atoms with Crippen LogP contribution in [0.15, 0.2) is 56.2 Å². The number of benzene rings is 2. The Morgan fingerprint density at radius 1 is 1.14 bits per heavy atom. The summed E-state index contributed by atoms with van der Waals surface area (Å²) in [6, 6.07) is 11.8. The highest BCUT2D eigenvalue weighted by Crippen LogP contribution is 2.21. The van der Waals surface area contributed by atoms with Gasteiger partial charge in [-0.25, -0.2) is 0 Å². The molecule has 0 radical (unpaired) electrons. The zero-order chi connectivity index (χ0) is 15.5. The van der Waals surface area contributed by atoms with Crippen molar-refractivity contribution < 1.29 is 13.2 Å². The van der Waals surface area contributed by atoms with Crippen LogP contribution in [0.2, 0.25) is 0 Å². The molecule has 0 heterocycles. The van der Waals surface area contributed by atoms with Gasteiger partial charge in [-0.2, -0.15) is 12.8 Å². The molecule has 21 heavy (non-hydrogen) atoms. The third kappa shape index (κ3) is 3.92. The summed E-state index contributed by atoms with van der Waals surface area (Å²) in [6.07, 6.45) is 1.31. The number of ether oxygens (including phenoxy) is 1. The quantitative estimate of drug-likeness (QED) is 0.776. The number of aryl methyl sites for hydroxylation is 1. The molecule has 0 fully saturated rings. The van der Waals surface area contributed by atoms with Crippen molar-refractivity contribution in [3.8, 4) is 5.75 Å². The number of sulfonamides is 1. The van der Waals surface area contributed by atoms with Crippen LogP contribution in [0, 0.1) is 6.92 Å². The number of hydrogen-bond acceptors (Lipinski definition) is 3. The second-order valence-corrected chi connectivity index (χ2v) is 6.90. The van der Waals surface area contributed by atoms with Gasteiger partial charge in [-0.1, -0.05) is 33.6 Å². The SMILES string of the molecule is COc1ccc(Br)c(C=NS(=O)(=O)c2ccc(C)cc2)c1. The van der Waals surface area contributed by atoms with Crippen molar-refractivity contribution in [2.24, 2.45) is 4.40 Å². The molecule has 0 unspecified atom stereocenters. The minimum Gasteiger partial charge on any atom is -0.497 e. The first-order chi connectivity index (χ1) is 9.92. The lowest BCUT2D eigenvalue weighted by Gasteiger charge is -2.03. The van der Waals surface area contributed by atoms with Gasteiger partial charge in [-0.3, -0.25) is 0 Å². The smallest absolute Gasteiger partial charge is 0.282 e. The standard InChI is InChI=1S/C15H14BrNO3S/c1-11-3-6-14(7-4-11)21(18,19)17-10-12-9-13(20-2)5-8-15(12)16/h3-10H,1-2H3. The average Bonchev–Trinajstić information content (AvgIpc) is 2.47. The lowest BCUT2D eigenvalue weighted by Crippen LogP contribution is -1.98. The largest absolute Gasteiger partial charge is 0.497 e. The minimum absolute atomic E-state index is 0.170.